The highest BCUT2D eigenvalue weighted by Crippen LogP contribution is 2.62. The van der Waals surface area contributed by atoms with Gasteiger partial charge in [-0.15, -0.1) is 23.5 Å². The Bertz CT molecular complexity index is 393. The van der Waals surface area contributed by atoms with Gasteiger partial charge >= 0.3 is 5.97 Å². The van der Waals surface area contributed by atoms with E-state index in [0.29, 0.717) is 22.5 Å². The quantitative estimate of drug-likeness (QED) is 0.637. The first-order chi connectivity index (χ1) is 10.7. The van der Waals surface area contributed by atoms with Gasteiger partial charge in [-0.1, -0.05) is 6.42 Å². The summed E-state index contributed by atoms with van der Waals surface area (Å²) in [5.41, 5.74) is 0.650. The summed E-state index contributed by atoms with van der Waals surface area (Å²) in [6, 6.07) is 0. The van der Waals surface area contributed by atoms with Crippen molar-refractivity contribution < 1.29 is 9.53 Å². The molecule has 1 aliphatic heterocycles. The third kappa shape index (κ3) is 3.98. The summed E-state index contributed by atoms with van der Waals surface area (Å²) < 4.78 is 5.62. The second-order valence-electron chi connectivity index (χ2n) is 7.44. The van der Waals surface area contributed by atoms with Gasteiger partial charge in [0.05, 0.1) is 10.7 Å². The van der Waals surface area contributed by atoms with Crippen molar-refractivity contribution in [2.45, 2.75) is 75.2 Å². The van der Waals surface area contributed by atoms with Gasteiger partial charge in [-0.2, -0.15) is 0 Å². The monoisotopic (exact) mass is 342 g/mol. The fourth-order valence-electron chi connectivity index (χ4n) is 4.95. The summed E-state index contributed by atoms with van der Waals surface area (Å²) in [7, 11) is 0. The number of carbonyl (C=O) groups excluding carboxylic acids is 1. The number of rotatable bonds is 5. The molecule has 1 saturated heterocycles. The van der Waals surface area contributed by atoms with E-state index in [1.807, 2.05) is 6.92 Å². The molecule has 0 aromatic rings. The molecule has 0 amide bonds. The minimum absolute atomic E-state index is 0.00872. The van der Waals surface area contributed by atoms with Crippen molar-refractivity contribution in [3.63, 3.8) is 0 Å². The summed E-state index contributed by atoms with van der Waals surface area (Å²) >= 11 is 4.51. The standard InChI is InChI=1S/C18H30O2S2/c1-2-20-16(19)6-3-5-15-7-10-17(13-15)8-4-9-18(14-17)21-11-12-22-18/h15H,2-14H2,1H3. The van der Waals surface area contributed by atoms with Crippen molar-refractivity contribution >= 4 is 29.5 Å². The van der Waals surface area contributed by atoms with Crippen LogP contribution in [0.3, 0.4) is 0 Å². The van der Waals surface area contributed by atoms with Crippen molar-refractivity contribution in [3.05, 3.63) is 0 Å². The lowest BCUT2D eigenvalue weighted by Crippen LogP contribution is -2.34. The maximum Gasteiger partial charge on any atom is 0.305 e. The molecule has 3 fully saturated rings. The zero-order valence-corrected chi connectivity index (χ0v) is 15.5. The van der Waals surface area contributed by atoms with Crippen LogP contribution in [0.2, 0.25) is 0 Å². The van der Waals surface area contributed by atoms with Crippen LogP contribution in [0.5, 0.6) is 0 Å². The summed E-state index contributed by atoms with van der Waals surface area (Å²) in [5.74, 6) is 3.58. The van der Waals surface area contributed by atoms with E-state index in [4.69, 9.17) is 4.74 Å². The van der Waals surface area contributed by atoms with E-state index in [9.17, 15) is 4.79 Å². The highest BCUT2D eigenvalue weighted by atomic mass is 32.2. The van der Waals surface area contributed by atoms with Gasteiger partial charge in [0.25, 0.3) is 0 Å². The molecular weight excluding hydrogens is 312 g/mol. The Morgan fingerprint density at radius 1 is 1.23 bits per heavy atom. The minimum Gasteiger partial charge on any atom is -0.466 e. The molecular formula is C18H30O2S2. The smallest absolute Gasteiger partial charge is 0.305 e. The highest BCUT2D eigenvalue weighted by molar-refractivity contribution is 8.21. The van der Waals surface area contributed by atoms with E-state index >= 15 is 0 Å². The van der Waals surface area contributed by atoms with E-state index in [2.05, 4.69) is 23.5 Å². The van der Waals surface area contributed by atoms with E-state index < -0.39 is 0 Å². The van der Waals surface area contributed by atoms with Crippen LogP contribution in [0, 0.1) is 11.3 Å². The van der Waals surface area contributed by atoms with Crippen molar-refractivity contribution in [2.24, 2.45) is 11.3 Å². The topological polar surface area (TPSA) is 26.3 Å². The first-order valence-corrected chi connectivity index (χ1v) is 11.1. The minimum atomic E-state index is -0.00872. The average Bonchev–Trinajstić information content (AvgIpc) is 3.08. The van der Waals surface area contributed by atoms with Gasteiger partial charge in [0.1, 0.15) is 0 Å². The molecule has 3 rings (SSSR count). The number of ether oxygens (including phenoxy) is 1. The second kappa shape index (κ2) is 7.38. The number of hydrogen-bond donors (Lipinski definition) is 0. The fourth-order valence-corrected chi connectivity index (χ4v) is 8.59. The van der Waals surface area contributed by atoms with E-state index in [1.165, 1.54) is 62.9 Å². The van der Waals surface area contributed by atoms with Gasteiger partial charge in [-0.05, 0) is 69.6 Å². The maximum atomic E-state index is 11.5. The van der Waals surface area contributed by atoms with Crippen LogP contribution in [0.15, 0.2) is 0 Å². The van der Waals surface area contributed by atoms with Crippen LogP contribution >= 0.6 is 23.5 Å². The lowest BCUT2D eigenvalue weighted by Gasteiger charge is -2.44. The third-order valence-corrected chi connectivity index (χ3v) is 9.36. The van der Waals surface area contributed by atoms with Gasteiger partial charge < -0.3 is 4.74 Å². The van der Waals surface area contributed by atoms with E-state index in [-0.39, 0.29) is 5.97 Å². The normalized spacial score (nSPS) is 33.6. The molecule has 2 unspecified atom stereocenters. The summed E-state index contributed by atoms with van der Waals surface area (Å²) in [5, 5.41) is 0. The number of hydrogen-bond acceptors (Lipinski definition) is 4. The number of esters is 1. The molecule has 0 aromatic heterocycles. The zero-order chi connectivity index (χ0) is 15.5. The van der Waals surface area contributed by atoms with Gasteiger partial charge in [0.2, 0.25) is 0 Å². The Hall–Kier alpha value is 0.170. The molecule has 0 bridgehead atoms. The maximum absolute atomic E-state index is 11.5. The summed E-state index contributed by atoms with van der Waals surface area (Å²) in [4.78, 5) is 11.5. The molecule has 2 aliphatic carbocycles. The molecule has 0 N–H and O–H groups in total. The van der Waals surface area contributed by atoms with Crippen LogP contribution in [0.1, 0.15) is 71.1 Å². The number of thioether (sulfide) groups is 2. The van der Waals surface area contributed by atoms with Crippen LogP contribution in [0.25, 0.3) is 0 Å². The number of carbonyl (C=O) groups is 1. The van der Waals surface area contributed by atoms with E-state index in [0.717, 1.165) is 12.3 Å². The highest BCUT2D eigenvalue weighted by Gasteiger charge is 2.49. The van der Waals surface area contributed by atoms with Gasteiger partial charge in [-0.25, -0.2) is 0 Å². The summed E-state index contributed by atoms with van der Waals surface area (Å²) in [6.45, 7) is 2.40. The van der Waals surface area contributed by atoms with Crippen LogP contribution < -0.4 is 0 Å². The van der Waals surface area contributed by atoms with Crippen molar-refractivity contribution in [1.82, 2.24) is 0 Å². The molecule has 2 spiro atoms. The van der Waals surface area contributed by atoms with Crippen LogP contribution in [-0.4, -0.2) is 28.2 Å². The zero-order valence-electron chi connectivity index (χ0n) is 13.9. The Labute approximate surface area is 143 Å². The molecule has 3 aliphatic rings. The first kappa shape index (κ1) is 17.0. The molecule has 2 atom stereocenters. The third-order valence-electron chi connectivity index (χ3n) is 5.83. The molecule has 0 radical (unpaired) electrons. The molecule has 2 nitrogen and oxygen atoms in total. The Balaban J connectivity index is 1.46. The first-order valence-electron chi connectivity index (χ1n) is 9.09. The van der Waals surface area contributed by atoms with Crippen LogP contribution in [0.4, 0.5) is 0 Å². The Kier molecular flexibility index (Phi) is 5.70. The lowest BCUT2D eigenvalue weighted by molar-refractivity contribution is -0.143. The average molecular weight is 343 g/mol. The predicted molar refractivity (Wildman–Crippen MR) is 96.4 cm³/mol. The summed E-state index contributed by atoms with van der Waals surface area (Å²) in [6.07, 6.45) is 12.9. The van der Waals surface area contributed by atoms with E-state index in [1.54, 1.807) is 0 Å². The molecule has 0 aromatic carbocycles. The molecule has 2 saturated carbocycles. The van der Waals surface area contributed by atoms with Gasteiger partial charge in [0, 0.05) is 17.9 Å². The van der Waals surface area contributed by atoms with Crippen molar-refractivity contribution in [1.29, 1.82) is 0 Å². The molecule has 22 heavy (non-hydrogen) atoms. The fraction of sp³-hybridized carbons (Fsp3) is 0.944. The Morgan fingerprint density at radius 2 is 2.05 bits per heavy atom. The van der Waals surface area contributed by atoms with Gasteiger partial charge in [-0.3, -0.25) is 4.79 Å². The second-order valence-corrected chi connectivity index (χ2v) is 10.7. The lowest BCUT2D eigenvalue weighted by atomic mass is 9.71. The predicted octanol–water partition coefficient (Wildman–Crippen LogP) is 5.26. The molecule has 126 valence electrons. The SMILES string of the molecule is CCOC(=O)CCCC1CCC2(CCCC3(C2)SCCS3)C1. The van der Waals surface area contributed by atoms with Gasteiger partial charge in [0.15, 0.2) is 0 Å². The van der Waals surface area contributed by atoms with Crippen molar-refractivity contribution in [3.8, 4) is 0 Å². The van der Waals surface area contributed by atoms with Crippen LogP contribution in [-0.2, 0) is 9.53 Å². The molecule has 1 heterocycles. The largest absolute Gasteiger partial charge is 0.466 e. The molecule has 4 heteroatoms. The van der Waals surface area contributed by atoms with Crippen molar-refractivity contribution in [2.75, 3.05) is 18.1 Å². The Morgan fingerprint density at radius 3 is 2.82 bits per heavy atom.